The normalized spacial score (nSPS) is 14.4. The van der Waals surface area contributed by atoms with E-state index in [9.17, 15) is 9.59 Å². The standard InChI is InChI=1S/C32H27BrN6O3S2/c1-42-25-15-11-22(12-16-25)27-18-26(21-9-13-23(33)14-10-21)37-39(27)30(40)20-44-32-36-35-29(38(32)24-6-3-2-4-7-24)19-34-31(41)28-8-5-17-43-28/h2-17,27H,18-20H2,1H3,(H,34,41)/t27-/m0/s1. The molecule has 1 atom stereocenters. The van der Waals surface area contributed by atoms with Crippen LogP contribution >= 0.6 is 39.0 Å². The highest BCUT2D eigenvalue weighted by atomic mass is 79.9. The fourth-order valence-electron chi connectivity index (χ4n) is 4.83. The number of ether oxygens (including phenoxy) is 1. The van der Waals surface area contributed by atoms with Gasteiger partial charge in [0.05, 0.1) is 36.0 Å². The van der Waals surface area contributed by atoms with Crippen molar-refractivity contribution in [1.82, 2.24) is 25.1 Å². The predicted molar refractivity (Wildman–Crippen MR) is 175 cm³/mol. The van der Waals surface area contributed by atoms with E-state index in [0.717, 1.165) is 32.7 Å². The molecule has 12 heteroatoms. The number of hydrogen-bond donors (Lipinski definition) is 1. The summed E-state index contributed by atoms with van der Waals surface area (Å²) in [6.07, 6.45) is 0.582. The van der Waals surface area contributed by atoms with Crippen LogP contribution < -0.4 is 10.1 Å². The molecule has 0 saturated carbocycles. The minimum absolute atomic E-state index is 0.0935. The maximum absolute atomic E-state index is 13.8. The molecule has 1 aliphatic rings. The second-order valence-corrected chi connectivity index (χ2v) is 12.6. The van der Waals surface area contributed by atoms with Crippen molar-refractivity contribution in [3.8, 4) is 11.4 Å². The van der Waals surface area contributed by atoms with E-state index in [2.05, 4.69) is 31.4 Å². The Morgan fingerprint density at radius 1 is 1.00 bits per heavy atom. The summed E-state index contributed by atoms with van der Waals surface area (Å²) >= 11 is 6.15. The zero-order chi connectivity index (χ0) is 30.5. The van der Waals surface area contributed by atoms with E-state index in [1.807, 2.05) is 94.9 Å². The Balaban J connectivity index is 1.24. The topological polar surface area (TPSA) is 102 Å². The second-order valence-electron chi connectivity index (χ2n) is 9.80. The minimum Gasteiger partial charge on any atom is -0.497 e. The van der Waals surface area contributed by atoms with Gasteiger partial charge >= 0.3 is 0 Å². The quantitative estimate of drug-likeness (QED) is 0.168. The number of aromatic nitrogens is 3. The first-order valence-electron chi connectivity index (χ1n) is 13.7. The summed E-state index contributed by atoms with van der Waals surface area (Å²) in [7, 11) is 1.63. The van der Waals surface area contributed by atoms with Crippen LogP contribution in [-0.2, 0) is 11.3 Å². The largest absolute Gasteiger partial charge is 0.497 e. The molecule has 3 aromatic carbocycles. The van der Waals surface area contributed by atoms with Crippen molar-refractivity contribution in [2.75, 3.05) is 12.9 Å². The molecule has 2 aromatic heterocycles. The minimum atomic E-state index is -0.261. The molecule has 0 fully saturated rings. The number of benzene rings is 3. The average Bonchev–Trinajstić information content (AvgIpc) is 3.84. The van der Waals surface area contributed by atoms with Gasteiger partial charge in [-0.2, -0.15) is 5.10 Å². The lowest BCUT2D eigenvalue weighted by Crippen LogP contribution is -2.28. The lowest BCUT2D eigenvalue weighted by atomic mass is 9.98. The Kier molecular flexibility index (Phi) is 9.20. The predicted octanol–water partition coefficient (Wildman–Crippen LogP) is 6.50. The van der Waals surface area contributed by atoms with Crippen LogP contribution in [0.4, 0.5) is 0 Å². The molecule has 6 rings (SSSR count). The fourth-order valence-corrected chi connectivity index (χ4v) is 6.56. The Morgan fingerprint density at radius 3 is 2.48 bits per heavy atom. The van der Waals surface area contributed by atoms with Gasteiger partial charge in [0.15, 0.2) is 11.0 Å². The lowest BCUT2D eigenvalue weighted by molar-refractivity contribution is -0.130. The van der Waals surface area contributed by atoms with E-state index in [1.54, 1.807) is 18.2 Å². The van der Waals surface area contributed by atoms with Gasteiger partial charge in [-0.05, 0) is 59.0 Å². The number of carbonyl (C=O) groups is 2. The number of rotatable bonds is 10. The monoisotopic (exact) mass is 686 g/mol. The Hall–Kier alpha value is -4.26. The molecule has 2 amide bonds. The van der Waals surface area contributed by atoms with Crippen LogP contribution in [0.3, 0.4) is 0 Å². The molecule has 0 radical (unpaired) electrons. The third-order valence-electron chi connectivity index (χ3n) is 7.04. The van der Waals surface area contributed by atoms with E-state index in [-0.39, 0.29) is 30.2 Å². The van der Waals surface area contributed by atoms with E-state index in [0.29, 0.717) is 22.3 Å². The SMILES string of the molecule is COc1ccc([C@@H]2CC(c3ccc(Br)cc3)=NN2C(=O)CSc2nnc(CNC(=O)c3cccs3)n2-c2ccccc2)cc1. The van der Waals surface area contributed by atoms with Gasteiger partial charge in [-0.15, -0.1) is 21.5 Å². The Labute approximate surface area is 271 Å². The highest BCUT2D eigenvalue weighted by Crippen LogP contribution is 2.35. The molecule has 3 heterocycles. The molecular formula is C32H27BrN6O3S2. The number of thiophene rings is 1. The zero-order valence-corrected chi connectivity index (χ0v) is 26.8. The number of carbonyl (C=O) groups excluding carboxylic acids is 2. The number of para-hydroxylation sites is 1. The first-order chi connectivity index (χ1) is 21.5. The second kappa shape index (κ2) is 13.6. The Bertz CT molecular complexity index is 1780. The molecule has 1 aliphatic heterocycles. The molecule has 0 spiro atoms. The number of nitrogens with one attached hydrogen (secondary N) is 1. The zero-order valence-electron chi connectivity index (χ0n) is 23.6. The maximum Gasteiger partial charge on any atom is 0.261 e. The van der Waals surface area contributed by atoms with E-state index < -0.39 is 0 Å². The summed E-state index contributed by atoms with van der Waals surface area (Å²) in [6, 6.07) is 28.7. The first-order valence-corrected chi connectivity index (χ1v) is 16.4. The number of hydrogen-bond acceptors (Lipinski definition) is 8. The van der Waals surface area contributed by atoms with Crippen molar-refractivity contribution in [1.29, 1.82) is 0 Å². The molecule has 1 N–H and O–H groups in total. The third kappa shape index (κ3) is 6.62. The molecule has 0 aliphatic carbocycles. The van der Waals surface area contributed by atoms with Crippen molar-refractivity contribution in [2.45, 2.75) is 24.2 Å². The van der Waals surface area contributed by atoms with Gasteiger partial charge in [0, 0.05) is 16.6 Å². The van der Waals surface area contributed by atoms with Gasteiger partial charge < -0.3 is 10.1 Å². The Morgan fingerprint density at radius 2 is 1.77 bits per heavy atom. The number of nitrogens with zero attached hydrogens (tertiary/aromatic N) is 5. The highest BCUT2D eigenvalue weighted by Gasteiger charge is 2.33. The molecule has 5 aromatic rings. The number of hydrazone groups is 1. The molecular weight excluding hydrogens is 660 g/mol. The van der Waals surface area contributed by atoms with Crippen molar-refractivity contribution in [2.24, 2.45) is 5.10 Å². The van der Waals surface area contributed by atoms with E-state index in [4.69, 9.17) is 9.84 Å². The third-order valence-corrected chi connectivity index (χ3v) is 9.35. The van der Waals surface area contributed by atoms with Crippen LogP contribution in [0.1, 0.15) is 39.1 Å². The summed E-state index contributed by atoms with van der Waals surface area (Å²) < 4.78 is 8.18. The number of methoxy groups -OCH3 is 1. The van der Waals surface area contributed by atoms with Gasteiger partial charge in [-0.3, -0.25) is 14.2 Å². The van der Waals surface area contributed by atoms with E-state index >= 15 is 0 Å². The number of halogens is 1. The van der Waals surface area contributed by atoms with Crippen LogP contribution in [0, 0.1) is 0 Å². The molecule has 9 nitrogen and oxygen atoms in total. The number of amides is 2. The van der Waals surface area contributed by atoms with Crippen LogP contribution in [0.5, 0.6) is 5.75 Å². The highest BCUT2D eigenvalue weighted by molar-refractivity contribution is 9.10. The summed E-state index contributed by atoms with van der Waals surface area (Å²) in [6.45, 7) is 0.180. The van der Waals surface area contributed by atoms with Crippen LogP contribution in [-0.4, -0.2) is 50.2 Å². The van der Waals surface area contributed by atoms with Gasteiger partial charge in [0.2, 0.25) is 0 Å². The summed E-state index contributed by atoms with van der Waals surface area (Å²) in [5.41, 5.74) is 3.61. The smallest absolute Gasteiger partial charge is 0.261 e. The van der Waals surface area contributed by atoms with Gasteiger partial charge in [0.25, 0.3) is 11.8 Å². The molecule has 0 unspecified atom stereocenters. The van der Waals surface area contributed by atoms with Crippen molar-refractivity contribution in [3.05, 3.63) is 123 Å². The fraction of sp³-hybridized carbons (Fsp3) is 0.156. The van der Waals surface area contributed by atoms with Crippen LogP contribution in [0.15, 0.2) is 111 Å². The van der Waals surface area contributed by atoms with Crippen molar-refractivity contribution >= 4 is 56.6 Å². The molecule has 222 valence electrons. The maximum atomic E-state index is 13.8. The molecule has 0 bridgehead atoms. The lowest BCUT2D eigenvalue weighted by Gasteiger charge is -2.22. The van der Waals surface area contributed by atoms with E-state index in [1.165, 1.54) is 23.1 Å². The van der Waals surface area contributed by atoms with Crippen molar-refractivity contribution < 1.29 is 14.3 Å². The summed E-state index contributed by atoms with van der Waals surface area (Å²) in [5.74, 6) is 1.07. The summed E-state index contributed by atoms with van der Waals surface area (Å²) in [4.78, 5) is 27.0. The molecule has 0 saturated heterocycles. The van der Waals surface area contributed by atoms with Gasteiger partial charge in [-0.25, -0.2) is 5.01 Å². The van der Waals surface area contributed by atoms with Crippen molar-refractivity contribution in [3.63, 3.8) is 0 Å². The summed E-state index contributed by atoms with van der Waals surface area (Å²) in [5, 5.41) is 20.5. The molecule has 44 heavy (non-hydrogen) atoms. The first kappa shape index (κ1) is 29.8. The van der Waals surface area contributed by atoms with Crippen LogP contribution in [0.25, 0.3) is 5.69 Å². The average molecular weight is 688 g/mol. The van der Waals surface area contributed by atoms with Gasteiger partial charge in [0.1, 0.15) is 5.75 Å². The number of thioether (sulfide) groups is 1. The van der Waals surface area contributed by atoms with Gasteiger partial charge in [-0.1, -0.05) is 76.2 Å². The van der Waals surface area contributed by atoms with Crippen LogP contribution in [0.2, 0.25) is 0 Å².